The Morgan fingerprint density at radius 1 is 1.32 bits per heavy atom. The molecule has 0 spiro atoms. The van der Waals surface area contributed by atoms with Crippen LogP contribution in [0, 0.1) is 6.92 Å². The highest BCUT2D eigenvalue weighted by Gasteiger charge is 2.45. The largest absolute Gasteiger partial charge is 0.337 e. The fourth-order valence-corrected chi connectivity index (χ4v) is 5.44. The van der Waals surface area contributed by atoms with E-state index in [-0.39, 0.29) is 16.8 Å². The molecule has 0 saturated carbocycles. The first-order valence-electron chi connectivity index (χ1n) is 7.41. The van der Waals surface area contributed by atoms with Crippen molar-refractivity contribution in [3.63, 3.8) is 0 Å². The van der Waals surface area contributed by atoms with Gasteiger partial charge in [-0.1, -0.05) is 11.6 Å². The van der Waals surface area contributed by atoms with E-state index in [1.807, 2.05) is 4.90 Å². The van der Waals surface area contributed by atoms with Gasteiger partial charge < -0.3 is 4.90 Å². The number of benzene rings is 1. The van der Waals surface area contributed by atoms with Crippen molar-refractivity contribution in [2.75, 3.05) is 13.1 Å². The maximum absolute atomic E-state index is 13.0. The molecule has 2 heterocycles. The zero-order valence-electron chi connectivity index (χ0n) is 12.6. The molecule has 2 aliphatic heterocycles. The second-order valence-electron chi connectivity index (χ2n) is 5.99. The van der Waals surface area contributed by atoms with Crippen LogP contribution in [0.3, 0.4) is 0 Å². The highest BCUT2D eigenvalue weighted by Crippen LogP contribution is 2.31. The maximum atomic E-state index is 13.0. The van der Waals surface area contributed by atoms with Crippen molar-refractivity contribution < 1.29 is 13.2 Å². The quantitative estimate of drug-likeness (QED) is 0.826. The average molecular weight is 343 g/mol. The van der Waals surface area contributed by atoms with Crippen LogP contribution < -0.4 is 0 Å². The number of halogens is 1. The molecule has 1 amide bonds. The van der Waals surface area contributed by atoms with Gasteiger partial charge in [0.2, 0.25) is 15.9 Å². The van der Waals surface area contributed by atoms with E-state index < -0.39 is 16.1 Å². The Morgan fingerprint density at radius 2 is 2.05 bits per heavy atom. The molecule has 0 bridgehead atoms. The van der Waals surface area contributed by atoms with E-state index in [9.17, 15) is 13.2 Å². The lowest BCUT2D eigenvalue weighted by Crippen LogP contribution is -2.59. The predicted molar refractivity (Wildman–Crippen MR) is 84.3 cm³/mol. The van der Waals surface area contributed by atoms with Gasteiger partial charge in [0, 0.05) is 24.2 Å². The Bertz CT molecular complexity index is 719. The van der Waals surface area contributed by atoms with Crippen LogP contribution in [0.15, 0.2) is 23.1 Å². The van der Waals surface area contributed by atoms with E-state index in [2.05, 4.69) is 0 Å². The van der Waals surface area contributed by atoms with Gasteiger partial charge in [-0.3, -0.25) is 4.79 Å². The zero-order valence-corrected chi connectivity index (χ0v) is 14.2. The van der Waals surface area contributed by atoms with Gasteiger partial charge >= 0.3 is 0 Å². The third-order valence-electron chi connectivity index (χ3n) is 4.56. The van der Waals surface area contributed by atoms with Gasteiger partial charge in [-0.2, -0.15) is 4.31 Å². The van der Waals surface area contributed by atoms with Crippen molar-refractivity contribution in [2.24, 2.45) is 0 Å². The van der Waals surface area contributed by atoms with Gasteiger partial charge in [-0.25, -0.2) is 8.42 Å². The van der Waals surface area contributed by atoms with E-state index in [0.717, 1.165) is 19.4 Å². The molecule has 0 radical (unpaired) electrons. The summed E-state index contributed by atoms with van der Waals surface area (Å²) in [4.78, 5) is 14.5. The van der Waals surface area contributed by atoms with Gasteiger partial charge in [0.25, 0.3) is 0 Å². The lowest BCUT2D eigenvalue weighted by Gasteiger charge is -2.40. The number of nitrogens with zero attached hydrogens (tertiary/aromatic N) is 2. The molecule has 2 fully saturated rings. The average Bonchev–Trinajstić information content (AvgIpc) is 2.90. The first-order chi connectivity index (χ1) is 10.3. The number of piperazine rings is 1. The van der Waals surface area contributed by atoms with Gasteiger partial charge in [0.05, 0.1) is 4.90 Å². The summed E-state index contributed by atoms with van der Waals surface area (Å²) in [6.07, 6.45) is 1.81. The number of hydrogen-bond acceptors (Lipinski definition) is 3. The van der Waals surface area contributed by atoms with Gasteiger partial charge in [0.15, 0.2) is 0 Å². The molecule has 1 aromatic rings. The number of rotatable bonds is 2. The number of amides is 1. The minimum absolute atomic E-state index is 0.00563. The molecule has 0 aliphatic carbocycles. The number of fused-ring (bicyclic) bond motifs is 1. The van der Waals surface area contributed by atoms with Crippen molar-refractivity contribution in [2.45, 2.75) is 43.7 Å². The first-order valence-corrected chi connectivity index (χ1v) is 9.22. The minimum atomic E-state index is -3.70. The van der Waals surface area contributed by atoms with E-state index >= 15 is 0 Å². The van der Waals surface area contributed by atoms with Crippen molar-refractivity contribution >= 4 is 27.5 Å². The zero-order chi connectivity index (χ0) is 16.1. The lowest BCUT2D eigenvalue weighted by atomic mass is 10.1. The second kappa shape index (κ2) is 5.51. The monoisotopic (exact) mass is 342 g/mol. The second-order valence-corrected chi connectivity index (χ2v) is 8.28. The number of sulfonamides is 1. The minimum Gasteiger partial charge on any atom is -0.337 e. The van der Waals surface area contributed by atoms with E-state index in [1.54, 1.807) is 26.0 Å². The summed E-state index contributed by atoms with van der Waals surface area (Å²) in [6.45, 7) is 4.50. The molecule has 5 nitrogen and oxygen atoms in total. The third kappa shape index (κ3) is 2.43. The number of carbonyl (C=O) groups is 1. The molecule has 3 rings (SSSR count). The molecular weight excluding hydrogens is 324 g/mol. The van der Waals surface area contributed by atoms with E-state index in [1.165, 1.54) is 10.4 Å². The van der Waals surface area contributed by atoms with Crippen LogP contribution in [-0.4, -0.2) is 48.7 Å². The highest BCUT2D eigenvalue weighted by atomic mass is 35.5. The molecule has 2 aliphatic rings. The van der Waals surface area contributed by atoms with Gasteiger partial charge in [0.1, 0.15) is 6.04 Å². The standard InChI is InChI=1S/C15H19ClN2O3S/c1-10-8-12(16)5-6-14(10)22(20,21)18-9-13-4-3-7-17(13)15(19)11(18)2/h5-6,8,11,13H,3-4,7,9H2,1-2H3/t11-,13-/m0/s1. The van der Waals surface area contributed by atoms with Crippen LogP contribution in [0.4, 0.5) is 0 Å². The van der Waals surface area contributed by atoms with Crippen LogP contribution >= 0.6 is 11.6 Å². The summed E-state index contributed by atoms with van der Waals surface area (Å²) in [6, 6.07) is 4.07. The molecule has 0 N–H and O–H groups in total. The number of hydrogen-bond donors (Lipinski definition) is 0. The van der Waals surface area contributed by atoms with Crippen LogP contribution in [0.5, 0.6) is 0 Å². The van der Waals surface area contributed by atoms with Crippen LogP contribution in [0.2, 0.25) is 5.02 Å². The smallest absolute Gasteiger partial charge is 0.244 e. The molecule has 2 saturated heterocycles. The van der Waals surface area contributed by atoms with Crippen molar-refractivity contribution in [1.29, 1.82) is 0 Å². The summed E-state index contributed by atoms with van der Waals surface area (Å²) in [5.74, 6) is -0.0936. The summed E-state index contributed by atoms with van der Waals surface area (Å²) in [5, 5.41) is 0.501. The molecule has 22 heavy (non-hydrogen) atoms. The van der Waals surface area contributed by atoms with Gasteiger partial charge in [-0.15, -0.1) is 0 Å². The summed E-state index contributed by atoms with van der Waals surface area (Å²) >= 11 is 5.91. The van der Waals surface area contributed by atoms with E-state index in [4.69, 9.17) is 11.6 Å². The Kier molecular flexibility index (Phi) is 3.95. The van der Waals surface area contributed by atoms with Crippen molar-refractivity contribution in [3.05, 3.63) is 28.8 Å². The number of aryl methyl sites for hydroxylation is 1. The molecule has 120 valence electrons. The van der Waals surface area contributed by atoms with E-state index in [0.29, 0.717) is 17.1 Å². The predicted octanol–water partition coefficient (Wildman–Crippen LogP) is 2.03. The molecule has 1 aromatic carbocycles. The molecular formula is C15H19ClN2O3S. The van der Waals surface area contributed by atoms with Crippen molar-refractivity contribution in [1.82, 2.24) is 9.21 Å². The van der Waals surface area contributed by atoms with Crippen LogP contribution in [-0.2, 0) is 14.8 Å². The number of carbonyl (C=O) groups excluding carboxylic acids is 1. The molecule has 0 aromatic heterocycles. The van der Waals surface area contributed by atoms with Crippen LogP contribution in [0.1, 0.15) is 25.3 Å². The summed E-state index contributed by atoms with van der Waals surface area (Å²) in [7, 11) is -3.70. The normalized spacial score (nSPS) is 26.3. The lowest BCUT2D eigenvalue weighted by molar-refractivity contribution is -0.139. The fraction of sp³-hybridized carbons (Fsp3) is 0.533. The Hall–Kier alpha value is -1.11. The summed E-state index contributed by atoms with van der Waals surface area (Å²) < 4.78 is 27.3. The highest BCUT2D eigenvalue weighted by molar-refractivity contribution is 7.89. The first kappa shape index (κ1) is 15.8. The molecule has 2 atom stereocenters. The molecule has 7 heteroatoms. The van der Waals surface area contributed by atoms with Crippen LogP contribution in [0.25, 0.3) is 0 Å². The molecule has 0 unspecified atom stereocenters. The third-order valence-corrected chi connectivity index (χ3v) is 6.90. The maximum Gasteiger partial charge on any atom is 0.244 e. The Morgan fingerprint density at radius 3 is 2.73 bits per heavy atom. The Balaban J connectivity index is 1.99. The fourth-order valence-electron chi connectivity index (χ4n) is 3.38. The summed E-state index contributed by atoms with van der Waals surface area (Å²) in [5.41, 5.74) is 0.598. The topological polar surface area (TPSA) is 57.7 Å². The Labute approximate surface area is 135 Å². The van der Waals surface area contributed by atoms with Crippen molar-refractivity contribution in [3.8, 4) is 0 Å². The SMILES string of the molecule is Cc1cc(Cl)ccc1S(=O)(=O)N1C[C@@H]2CCCN2C(=O)[C@@H]1C. The van der Waals surface area contributed by atoms with Gasteiger partial charge in [-0.05, 0) is 50.5 Å².